The predicted molar refractivity (Wildman–Crippen MR) is 79.4 cm³/mol. The first kappa shape index (κ1) is 14.2. The third-order valence-electron chi connectivity index (χ3n) is 3.92. The average Bonchev–Trinajstić information content (AvgIpc) is 2.55. The van der Waals surface area contributed by atoms with Crippen LogP contribution in [0.4, 0.5) is 5.69 Å². The maximum Gasteiger partial charge on any atom is 0.253 e. The smallest absolute Gasteiger partial charge is 0.253 e. The minimum atomic E-state index is -0.0937. The van der Waals surface area contributed by atoms with Gasteiger partial charge < -0.3 is 11.1 Å². The topological polar surface area (TPSA) is 55.1 Å². The van der Waals surface area contributed by atoms with Crippen LogP contribution in [0.5, 0.6) is 0 Å². The molecule has 3 N–H and O–H groups in total. The number of carbonyl (C=O) groups excluding carboxylic acids is 1. The van der Waals surface area contributed by atoms with Crippen LogP contribution < -0.4 is 11.1 Å². The molecule has 1 amide bonds. The summed E-state index contributed by atoms with van der Waals surface area (Å²) in [6.07, 6.45) is 5.94. The first-order valence-electron chi connectivity index (χ1n) is 6.94. The summed E-state index contributed by atoms with van der Waals surface area (Å²) in [5, 5.41) is 3.54. The van der Waals surface area contributed by atoms with Gasteiger partial charge in [0.2, 0.25) is 0 Å². The molecule has 1 aromatic rings. The minimum Gasteiger partial charge on any atom is -0.399 e. The van der Waals surface area contributed by atoms with Crippen LogP contribution in [0.1, 0.15) is 49.4 Å². The van der Waals surface area contributed by atoms with Crippen molar-refractivity contribution in [3.63, 3.8) is 0 Å². The Kier molecular flexibility index (Phi) is 4.70. The van der Waals surface area contributed by atoms with Crippen molar-refractivity contribution in [2.45, 2.75) is 45.1 Å². The van der Waals surface area contributed by atoms with E-state index < -0.39 is 0 Å². The number of nitrogens with two attached hydrogens (primary N) is 1. The monoisotopic (exact) mass is 280 g/mol. The molecular weight excluding hydrogens is 260 g/mol. The number of amides is 1. The molecular formula is C15H21ClN2O. The van der Waals surface area contributed by atoms with Gasteiger partial charge in [-0.3, -0.25) is 4.79 Å². The first-order valence-corrected chi connectivity index (χ1v) is 7.31. The summed E-state index contributed by atoms with van der Waals surface area (Å²) in [6.45, 7) is 2.21. The number of halogens is 1. The van der Waals surface area contributed by atoms with Crippen molar-refractivity contribution in [3.05, 3.63) is 28.8 Å². The summed E-state index contributed by atoms with van der Waals surface area (Å²) >= 11 is 6.07. The van der Waals surface area contributed by atoms with Crippen molar-refractivity contribution < 1.29 is 4.79 Å². The van der Waals surface area contributed by atoms with Gasteiger partial charge in [-0.15, -0.1) is 0 Å². The van der Waals surface area contributed by atoms with Gasteiger partial charge in [0.25, 0.3) is 5.91 Å². The predicted octanol–water partition coefficient (Wildman–Crippen LogP) is 3.62. The van der Waals surface area contributed by atoms with Crippen molar-refractivity contribution in [2.24, 2.45) is 5.92 Å². The molecule has 1 aromatic carbocycles. The summed E-state index contributed by atoms with van der Waals surface area (Å²) in [5.41, 5.74) is 6.72. The molecule has 0 aromatic heterocycles. The van der Waals surface area contributed by atoms with E-state index in [-0.39, 0.29) is 11.9 Å². The molecule has 1 aliphatic carbocycles. The van der Waals surface area contributed by atoms with E-state index in [1.54, 1.807) is 18.2 Å². The Morgan fingerprint density at radius 1 is 1.32 bits per heavy atom. The third-order valence-corrected chi connectivity index (χ3v) is 4.23. The highest BCUT2D eigenvalue weighted by Gasteiger charge is 2.22. The lowest BCUT2D eigenvalue weighted by Crippen LogP contribution is -2.38. The van der Waals surface area contributed by atoms with Crippen LogP contribution in [0.15, 0.2) is 18.2 Å². The fourth-order valence-electron chi connectivity index (χ4n) is 2.67. The van der Waals surface area contributed by atoms with E-state index in [0.717, 1.165) is 6.42 Å². The van der Waals surface area contributed by atoms with Crippen molar-refractivity contribution in [3.8, 4) is 0 Å². The van der Waals surface area contributed by atoms with E-state index >= 15 is 0 Å². The molecule has 4 heteroatoms. The van der Waals surface area contributed by atoms with E-state index in [0.29, 0.717) is 22.2 Å². The van der Waals surface area contributed by atoms with Gasteiger partial charge in [-0.05, 0) is 37.0 Å². The molecule has 104 valence electrons. The zero-order valence-electron chi connectivity index (χ0n) is 11.3. The summed E-state index contributed by atoms with van der Waals surface area (Å²) in [4.78, 5) is 12.3. The van der Waals surface area contributed by atoms with E-state index in [1.807, 2.05) is 0 Å². The molecule has 0 heterocycles. The van der Waals surface area contributed by atoms with Crippen LogP contribution >= 0.6 is 11.6 Å². The fraction of sp³-hybridized carbons (Fsp3) is 0.533. The van der Waals surface area contributed by atoms with E-state index in [1.165, 1.54) is 25.7 Å². The highest BCUT2D eigenvalue weighted by Crippen LogP contribution is 2.24. The molecule has 2 rings (SSSR count). The van der Waals surface area contributed by atoms with Gasteiger partial charge >= 0.3 is 0 Å². The third kappa shape index (κ3) is 3.63. The highest BCUT2D eigenvalue weighted by molar-refractivity contribution is 6.34. The molecule has 2 unspecified atom stereocenters. The first-order chi connectivity index (χ1) is 9.08. The Hall–Kier alpha value is -1.22. The number of hydrogen-bond acceptors (Lipinski definition) is 2. The normalized spacial score (nSPS) is 23.7. The van der Waals surface area contributed by atoms with Gasteiger partial charge in [0.15, 0.2) is 0 Å². The van der Waals surface area contributed by atoms with Crippen molar-refractivity contribution >= 4 is 23.2 Å². The Bertz CT molecular complexity index is 461. The van der Waals surface area contributed by atoms with Gasteiger partial charge in [0.05, 0.1) is 10.6 Å². The lowest BCUT2D eigenvalue weighted by molar-refractivity contribution is 0.0922. The molecule has 1 fully saturated rings. The molecule has 3 nitrogen and oxygen atoms in total. The largest absolute Gasteiger partial charge is 0.399 e. The lowest BCUT2D eigenvalue weighted by Gasteiger charge is -2.23. The standard InChI is InChI=1S/C15H21ClN2O/c1-10-5-3-2-4-6-14(10)18-15(19)12-8-7-11(17)9-13(12)16/h7-10,14H,2-6,17H2,1H3,(H,18,19). The zero-order chi connectivity index (χ0) is 13.8. The lowest BCUT2D eigenvalue weighted by atomic mass is 9.96. The number of rotatable bonds is 2. The molecule has 0 spiro atoms. The van der Waals surface area contributed by atoms with Gasteiger partial charge in [0.1, 0.15) is 0 Å². The SMILES string of the molecule is CC1CCCCCC1NC(=O)c1ccc(N)cc1Cl. The minimum absolute atomic E-state index is 0.0937. The Labute approximate surface area is 119 Å². The molecule has 1 aliphatic rings. The van der Waals surface area contributed by atoms with Crippen molar-refractivity contribution in [1.29, 1.82) is 0 Å². The molecule has 0 aliphatic heterocycles. The Morgan fingerprint density at radius 2 is 2.05 bits per heavy atom. The van der Waals surface area contributed by atoms with E-state index in [2.05, 4.69) is 12.2 Å². The second-order valence-corrected chi connectivity index (χ2v) is 5.84. The maximum absolute atomic E-state index is 12.3. The second-order valence-electron chi connectivity index (χ2n) is 5.43. The molecule has 0 saturated heterocycles. The van der Waals surface area contributed by atoms with Gasteiger partial charge in [-0.2, -0.15) is 0 Å². The summed E-state index contributed by atoms with van der Waals surface area (Å²) in [5.74, 6) is 0.433. The van der Waals surface area contributed by atoms with Crippen LogP contribution in [0.3, 0.4) is 0 Å². The van der Waals surface area contributed by atoms with Crippen LogP contribution in [0, 0.1) is 5.92 Å². The van der Waals surface area contributed by atoms with Crippen LogP contribution in [-0.2, 0) is 0 Å². The maximum atomic E-state index is 12.3. The van der Waals surface area contributed by atoms with Crippen LogP contribution in [-0.4, -0.2) is 11.9 Å². The van der Waals surface area contributed by atoms with Crippen molar-refractivity contribution in [1.82, 2.24) is 5.32 Å². The van der Waals surface area contributed by atoms with Crippen molar-refractivity contribution in [2.75, 3.05) is 5.73 Å². The van der Waals surface area contributed by atoms with E-state index in [9.17, 15) is 4.79 Å². The van der Waals surface area contributed by atoms with E-state index in [4.69, 9.17) is 17.3 Å². The Morgan fingerprint density at radius 3 is 2.79 bits per heavy atom. The average molecular weight is 281 g/mol. The second kappa shape index (κ2) is 6.29. The van der Waals surface area contributed by atoms with Gasteiger partial charge in [0, 0.05) is 11.7 Å². The number of benzene rings is 1. The number of carbonyl (C=O) groups is 1. The summed E-state index contributed by atoms with van der Waals surface area (Å²) < 4.78 is 0. The Balaban J connectivity index is 2.07. The molecule has 0 radical (unpaired) electrons. The number of hydrogen-bond donors (Lipinski definition) is 2. The summed E-state index contributed by atoms with van der Waals surface area (Å²) in [6, 6.07) is 5.27. The van der Waals surface area contributed by atoms with Crippen LogP contribution in [0.2, 0.25) is 5.02 Å². The number of anilines is 1. The zero-order valence-corrected chi connectivity index (χ0v) is 12.0. The quantitative estimate of drug-likeness (QED) is 0.642. The highest BCUT2D eigenvalue weighted by atomic mass is 35.5. The van der Waals surface area contributed by atoms with Gasteiger partial charge in [-0.25, -0.2) is 0 Å². The molecule has 19 heavy (non-hydrogen) atoms. The molecule has 1 saturated carbocycles. The number of nitrogens with one attached hydrogen (secondary N) is 1. The summed E-state index contributed by atoms with van der Waals surface area (Å²) in [7, 11) is 0. The van der Waals surface area contributed by atoms with Gasteiger partial charge in [-0.1, -0.05) is 37.8 Å². The molecule has 0 bridgehead atoms. The van der Waals surface area contributed by atoms with Crippen LogP contribution in [0.25, 0.3) is 0 Å². The molecule has 2 atom stereocenters. The number of nitrogen functional groups attached to an aromatic ring is 1. The fourth-order valence-corrected chi connectivity index (χ4v) is 2.94.